The molecule has 0 fully saturated rings. The minimum atomic E-state index is -4.69. The van der Waals surface area contributed by atoms with Crippen molar-refractivity contribution in [2.24, 2.45) is 0 Å². The average Bonchev–Trinajstić information content (AvgIpc) is 2.77. The van der Waals surface area contributed by atoms with E-state index in [9.17, 15) is 26.4 Å². The van der Waals surface area contributed by atoms with E-state index in [0.717, 1.165) is 22.0 Å². The molecule has 0 unspecified atom stereocenters. The van der Waals surface area contributed by atoms with Crippen LogP contribution < -0.4 is 14.4 Å². The molecule has 174 valence electrons. The summed E-state index contributed by atoms with van der Waals surface area (Å²) in [5, 5.41) is 2.18. The normalized spacial score (nSPS) is 11.7. The predicted molar refractivity (Wildman–Crippen MR) is 119 cm³/mol. The van der Waals surface area contributed by atoms with Crippen LogP contribution in [0.2, 0.25) is 0 Å². The number of methoxy groups -OCH3 is 1. The van der Waals surface area contributed by atoms with Gasteiger partial charge in [-0.1, -0.05) is 35.9 Å². The maximum atomic E-state index is 13.4. The molecule has 0 aliphatic rings. The van der Waals surface area contributed by atoms with E-state index in [-0.39, 0.29) is 10.6 Å². The monoisotopic (exact) mass is 478 g/mol. The zero-order chi connectivity index (χ0) is 24.2. The van der Waals surface area contributed by atoms with Crippen LogP contribution in [0.25, 0.3) is 0 Å². The lowest BCUT2D eigenvalue weighted by Crippen LogP contribution is -2.38. The van der Waals surface area contributed by atoms with E-state index in [4.69, 9.17) is 4.74 Å². The van der Waals surface area contributed by atoms with Crippen LogP contribution in [0, 0.1) is 6.92 Å². The molecule has 6 nitrogen and oxygen atoms in total. The van der Waals surface area contributed by atoms with Crippen LogP contribution >= 0.6 is 0 Å². The van der Waals surface area contributed by atoms with Gasteiger partial charge in [-0.2, -0.15) is 13.2 Å². The van der Waals surface area contributed by atoms with E-state index in [1.54, 1.807) is 31.2 Å². The zero-order valence-corrected chi connectivity index (χ0v) is 18.6. The highest BCUT2D eigenvalue weighted by atomic mass is 32.2. The Morgan fingerprint density at radius 1 is 1.00 bits per heavy atom. The highest BCUT2D eigenvalue weighted by Gasteiger charge is 2.34. The molecule has 33 heavy (non-hydrogen) atoms. The van der Waals surface area contributed by atoms with Gasteiger partial charge in [-0.05, 0) is 43.3 Å². The van der Waals surface area contributed by atoms with Crippen molar-refractivity contribution in [3.63, 3.8) is 0 Å². The standard InChI is InChI=1S/C23H21F3N2O4S/c1-16-10-12-19(13-11-16)33(30,31)28(17-6-5-7-18(14-17)32-2)15-22(29)27-21-9-4-3-8-20(21)23(24,25)26/h3-14H,15H2,1-2H3,(H,27,29). The fraction of sp³-hybridized carbons (Fsp3) is 0.174. The summed E-state index contributed by atoms with van der Waals surface area (Å²) in [6, 6.07) is 16.5. The summed E-state index contributed by atoms with van der Waals surface area (Å²) in [4.78, 5) is 12.7. The molecule has 1 N–H and O–H groups in total. The molecule has 0 radical (unpaired) electrons. The van der Waals surface area contributed by atoms with Gasteiger partial charge >= 0.3 is 6.18 Å². The third-order valence-electron chi connectivity index (χ3n) is 4.74. The van der Waals surface area contributed by atoms with E-state index in [2.05, 4.69) is 5.32 Å². The summed E-state index contributed by atoms with van der Waals surface area (Å²) in [5.74, 6) is -0.593. The molecule has 0 heterocycles. The Hall–Kier alpha value is -3.53. The first kappa shape index (κ1) is 24.1. The second-order valence-electron chi connectivity index (χ2n) is 7.12. The number of carbonyl (C=O) groups excluding carboxylic acids is 1. The van der Waals surface area contributed by atoms with Crippen molar-refractivity contribution in [3.8, 4) is 5.75 Å². The summed E-state index contributed by atoms with van der Waals surface area (Å²) < 4.78 is 72.6. The molecule has 1 amide bonds. The first-order chi connectivity index (χ1) is 15.5. The molecule has 0 aliphatic carbocycles. The van der Waals surface area contributed by atoms with Crippen LogP contribution in [0.15, 0.2) is 77.7 Å². The number of benzene rings is 3. The molecule has 0 bridgehead atoms. The van der Waals surface area contributed by atoms with Gasteiger partial charge in [0.05, 0.1) is 28.9 Å². The molecule has 0 aromatic heterocycles. The number of aryl methyl sites for hydroxylation is 1. The Labute approximate surface area is 189 Å². The lowest BCUT2D eigenvalue weighted by atomic mass is 10.1. The summed E-state index contributed by atoms with van der Waals surface area (Å²) >= 11 is 0. The van der Waals surface area contributed by atoms with Gasteiger partial charge < -0.3 is 10.1 Å². The van der Waals surface area contributed by atoms with Gasteiger partial charge in [-0.3, -0.25) is 9.10 Å². The molecule has 3 aromatic carbocycles. The van der Waals surface area contributed by atoms with Gasteiger partial charge in [0, 0.05) is 6.07 Å². The van der Waals surface area contributed by atoms with Crippen LogP contribution in [-0.2, 0) is 21.0 Å². The molecule has 0 saturated carbocycles. The minimum absolute atomic E-state index is 0.0700. The fourth-order valence-electron chi connectivity index (χ4n) is 3.08. The van der Waals surface area contributed by atoms with Crippen molar-refractivity contribution in [2.45, 2.75) is 18.0 Å². The average molecular weight is 478 g/mol. The quantitative estimate of drug-likeness (QED) is 0.527. The van der Waals surface area contributed by atoms with Crippen molar-refractivity contribution in [1.29, 1.82) is 0 Å². The number of hydrogen-bond donors (Lipinski definition) is 1. The van der Waals surface area contributed by atoms with Crippen molar-refractivity contribution in [1.82, 2.24) is 0 Å². The van der Waals surface area contributed by atoms with Gasteiger partial charge in [-0.15, -0.1) is 0 Å². The third kappa shape index (κ3) is 5.64. The first-order valence-corrected chi connectivity index (χ1v) is 11.2. The lowest BCUT2D eigenvalue weighted by Gasteiger charge is -2.25. The minimum Gasteiger partial charge on any atom is -0.497 e. The van der Waals surface area contributed by atoms with Crippen molar-refractivity contribution in [2.75, 3.05) is 23.3 Å². The zero-order valence-electron chi connectivity index (χ0n) is 17.8. The molecule has 0 saturated heterocycles. The molecule has 0 atom stereocenters. The Kier molecular flexibility index (Phi) is 6.97. The number of alkyl halides is 3. The van der Waals surface area contributed by atoms with Gasteiger partial charge in [0.2, 0.25) is 5.91 Å². The Balaban J connectivity index is 1.99. The van der Waals surface area contributed by atoms with E-state index >= 15 is 0 Å². The van der Waals surface area contributed by atoms with E-state index in [0.29, 0.717) is 5.75 Å². The number of para-hydroxylation sites is 1. The van der Waals surface area contributed by atoms with E-state index in [1.165, 1.54) is 43.5 Å². The van der Waals surface area contributed by atoms with Gasteiger partial charge in [0.25, 0.3) is 10.0 Å². The number of carbonyl (C=O) groups is 1. The number of halogens is 3. The van der Waals surface area contributed by atoms with Crippen molar-refractivity contribution < 1.29 is 31.1 Å². The second-order valence-corrected chi connectivity index (χ2v) is 8.98. The highest BCUT2D eigenvalue weighted by molar-refractivity contribution is 7.92. The Morgan fingerprint density at radius 3 is 2.30 bits per heavy atom. The second kappa shape index (κ2) is 9.53. The number of anilines is 2. The number of ether oxygens (including phenoxy) is 1. The third-order valence-corrected chi connectivity index (χ3v) is 6.53. The summed E-state index contributed by atoms with van der Waals surface area (Å²) in [7, 11) is -2.83. The topological polar surface area (TPSA) is 75.7 Å². The molecule has 10 heteroatoms. The molecular formula is C23H21F3N2O4S. The number of hydrogen-bond acceptors (Lipinski definition) is 4. The lowest BCUT2D eigenvalue weighted by molar-refractivity contribution is -0.137. The molecular weight excluding hydrogens is 457 g/mol. The largest absolute Gasteiger partial charge is 0.497 e. The van der Waals surface area contributed by atoms with Gasteiger partial charge in [0.1, 0.15) is 12.3 Å². The molecule has 3 aromatic rings. The smallest absolute Gasteiger partial charge is 0.418 e. The Morgan fingerprint density at radius 2 is 1.67 bits per heavy atom. The number of nitrogens with one attached hydrogen (secondary N) is 1. The summed E-state index contributed by atoms with van der Waals surface area (Å²) in [6.45, 7) is 1.04. The molecule has 3 rings (SSSR count). The summed E-state index contributed by atoms with van der Waals surface area (Å²) in [5.41, 5.74) is -0.543. The van der Waals surface area contributed by atoms with Crippen molar-refractivity contribution in [3.05, 3.63) is 83.9 Å². The molecule has 0 aliphatic heterocycles. The first-order valence-electron chi connectivity index (χ1n) is 9.72. The van der Waals surface area contributed by atoms with Crippen LogP contribution in [0.5, 0.6) is 5.75 Å². The Bertz CT molecular complexity index is 1240. The SMILES string of the molecule is COc1cccc(N(CC(=O)Nc2ccccc2C(F)(F)F)S(=O)(=O)c2ccc(C)cc2)c1. The van der Waals surface area contributed by atoms with Crippen LogP contribution in [0.3, 0.4) is 0 Å². The number of nitrogens with zero attached hydrogens (tertiary/aromatic N) is 1. The van der Waals surface area contributed by atoms with E-state index < -0.39 is 39.9 Å². The molecule has 0 spiro atoms. The van der Waals surface area contributed by atoms with Crippen LogP contribution in [-0.4, -0.2) is 28.0 Å². The highest BCUT2D eigenvalue weighted by Crippen LogP contribution is 2.34. The maximum absolute atomic E-state index is 13.4. The van der Waals surface area contributed by atoms with Gasteiger partial charge in [-0.25, -0.2) is 8.42 Å². The van der Waals surface area contributed by atoms with Crippen LogP contribution in [0.4, 0.5) is 24.5 Å². The fourth-order valence-corrected chi connectivity index (χ4v) is 4.49. The number of rotatable bonds is 7. The predicted octanol–water partition coefficient (Wildman–Crippen LogP) is 4.86. The maximum Gasteiger partial charge on any atom is 0.418 e. The van der Waals surface area contributed by atoms with Crippen LogP contribution in [0.1, 0.15) is 11.1 Å². The van der Waals surface area contributed by atoms with Gasteiger partial charge in [0.15, 0.2) is 0 Å². The van der Waals surface area contributed by atoms with Crippen molar-refractivity contribution >= 4 is 27.3 Å². The summed E-state index contributed by atoms with van der Waals surface area (Å²) in [6.07, 6.45) is -4.69. The number of amides is 1. The number of sulfonamides is 1. The van der Waals surface area contributed by atoms with E-state index in [1.807, 2.05) is 0 Å².